The molecule has 3 aromatic rings. The van der Waals surface area contributed by atoms with E-state index in [1.165, 1.54) is 12.1 Å². The van der Waals surface area contributed by atoms with Crippen LogP contribution in [0.4, 0.5) is 13.2 Å². The highest BCUT2D eigenvalue weighted by molar-refractivity contribution is 5.76. The molecular weight excluding hydrogens is 367 g/mol. The highest BCUT2D eigenvalue weighted by Gasteiger charge is 2.32. The number of benzene rings is 2. The van der Waals surface area contributed by atoms with Gasteiger partial charge in [0.25, 0.3) is 5.52 Å². The Morgan fingerprint density at radius 2 is 1.46 bits per heavy atom. The number of hydrogen-bond donors (Lipinski definition) is 0. The molecule has 28 heavy (non-hydrogen) atoms. The second kappa shape index (κ2) is 6.54. The van der Waals surface area contributed by atoms with Crippen molar-refractivity contribution in [2.24, 2.45) is 0 Å². The molecule has 0 unspecified atom stereocenters. The van der Waals surface area contributed by atoms with E-state index in [-0.39, 0.29) is 16.6 Å². The topological polar surface area (TPSA) is 26.2 Å². The molecule has 2 aromatic carbocycles. The molecule has 0 atom stereocenters. The fourth-order valence-corrected chi connectivity index (χ4v) is 3.08. The molecule has 0 saturated heterocycles. The Morgan fingerprint density at radius 1 is 0.857 bits per heavy atom. The molecule has 6 heteroatoms. The van der Waals surface area contributed by atoms with Gasteiger partial charge in [-0.3, -0.25) is 0 Å². The van der Waals surface area contributed by atoms with Crippen LogP contribution in [0.5, 0.6) is 5.75 Å². The van der Waals surface area contributed by atoms with Crippen LogP contribution in [0.1, 0.15) is 52.7 Å². The highest BCUT2D eigenvalue weighted by atomic mass is 19.4. The van der Waals surface area contributed by atoms with Crippen molar-refractivity contribution >= 4 is 11.1 Å². The summed E-state index contributed by atoms with van der Waals surface area (Å²) in [6.07, 6.45) is -3.12. The standard InChI is InChI=1S/C22H25F3NO2/c1-20(2,3)14-11-17(21(4,5)6)19-18(12-14)26(13-27-19)15-7-9-16(10-8-15)28-22(23,24)25/h7-13H,1-6H3/q+1. The van der Waals surface area contributed by atoms with E-state index in [0.29, 0.717) is 5.69 Å². The van der Waals surface area contributed by atoms with Crippen LogP contribution in [0.25, 0.3) is 16.8 Å². The second-order valence-corrected chi connectivity index (χ2v) is 9.01. The number of ether oxygens (including phenoxy) is 1. The van der Waals surface area contributed by atoms with Crippen LogP contribution in [-0.2, 0) is 10.8 Å². The summed E-state index contributed by atoms with van der Waals surface area (Å²) in [5, 5.41) is 0. The largest absolute Gasteiger partial charge is 0.573 e. The summed E-state index contributed by atoms with van der Waals surface area (Å²) < 4.78 is 48.9. The zero-order chi connectivity index (χ0) is 20.9. The van der Waals surface area contributed by atoms with Gasteiger partial charge in [0.05, 0.1) is 0 Å². The van der Waals surface area contributed by atoms with Crippen molar-refractivity contribution < 1.29 is 26.9 Å². The first kappa shape index (κ1) is 20.2. The average molecular weight is 392 g/mol. The fourth-order valence-electron chi connectivity index (χ4n) is 3.08. The van der Waals surface area contributed by atoms with E-state index in [1.54, 1.807) is 18.5 Å². The van der Waals surface area contributed by atoms with E-state index >= 15 is 0 Å². The van der Waals surface area contributed by atoms with Crippen molar-refractivity contribution in [3.63, 3.8) is 0 Å². The molecule has 0 aliphatic heterocycles. The number of rotatable bonds is 2. The normalized spacial score (nSPS) is 13.2. The molecule has 3 rings (SSSR count). The van der Waals surface area contributed by atoms with Crippen LogP contribution in [0.15, 0.2) is 47.2 Å². The van der Waals surface area contributed by atoms with Crippen molar-refractivity contribution in [3.05, 3.63) is 53.9 Å². The summed E-state index contributed by atoms with van der Waals surface area (Å²) in [4.78, 5) is 0. The molecule has 1 aromatic heterocycles. The van der Waals surface area contributed by atoms with Crippen molar-refractivity contribution in [2.75, 3.05) is 0 Å². The van der Waals surface area contributed by atoms with Gasteiger partial charge in [0, 0.05) is 23.8 Å². The number of alkyl halides is 3. The molecule has 0 amide bonds. The molecular formula is C22H25F3NO2+. The van der Waals surface area contributed by atoms with Gasteiger partial charge in [0.1, 0.15) is 5.75 Å². The van der Waals surface area contributed by atoms with Crippen LogP contribution in [0.3, 0.4) is 0 Å². The lowest BCUT2D eigenvalue weighted by Crippen LogP contribution is -2.29. The monoisotopic (exact) mass is 392 g/mol. The third kappa shape index (κ3) is 4.16. The minimum atomic E-state index is -4.71. The smallest absolute Gasteiger partial charge is 0.406 e. The van der Waals surface area contributed by atoms with Crippen molar-refractivity contribution in [3.8, 4) is 11.4 Å². The average Bonchev–Trinajstić information content (AvgIpc) is 2.95. The Morgan fingerprint density at radius 3 is 1.96 bits per heavy atom. The molecule has 0 radical (unpaired) electrons. The SMILES string of the molecule is CC(C)(C)c1cc(C(C)(C)C)c2oc[n+](-c3ccc(OC(F)(F)F)cc3)c2c1. The number of halogens is 3. The number of aromatic nitrogens is 1. The second-order valence-electron chi connectivity index (χ2n) is 9.01. The van der Waals surface area contributed by atoms with Gasteiger partial charge in [-0.2, -0.15) is 0 Å². The maximum absolute atomic E-state index is 12.4. The van der Waals surface area contributed by atoms with E-state index in [1.807, 2.05) is 4.57 Å². The molecule has 0 spiro atoms. The first-order chi connectivity index (χ1) is 12.8. The summed E-state index contributed by atoms with van der Waals surface area (Å²) in [6, 6.07) is 10.0. The van der Waals surface area contributed by atoms with Gasteiger partial charge in [-0.1, -0.05) is 47.6 Å². The Balaban J connectivity index is 2.15. The maximum atomic E-state index is 12.4. The molecule has 0 aliphatic carbocycles. The van der Waals surface area contributed by atoms with Gasteiger partial charge in [-0.15, -0.1) is 17.7 Å². The lowest BCUT2D eigenvalue weighted by Gasteiger charge is -2.24. The number of fused-ring (bicyclic) bond motifs is 1. The number of hydrogen-bond acceptors (Lipinski definition) is 2. The molecule has 1 heterocycles. The van der Waals surface area contributed by atoms with Gasteiger partial charge >= 0.3 is 12.8 Å². The molecule has 0 aliphatic rings. The van der Waals surface area contributed by atoms with E-state index in [2.05, 4.69) is 58.4 Å². The lowest BCUT2D eigenvalue weighted by molar-refractivity contribution is -0.573. The minimum Gasteiger partial charge on any atom is -0.406 e. The van der Waals surface area contributed by atoms with Crippen LogP contribution in [0.2, 0.25) is 0 Å². The minimum absolute atomic E-state index is 0.0618. The van der Waals surface area contributed by atoms with Crippen molar-refractivity contribution in [2.45, 2.75) is 58.7 Å². The first-order valence-electron chi connectivity index (χ1n) is 9.10. The zero-order valence-corrected chi connectivity index (χ0v) is 16.9. The van der Waals surface area contributed by atoms with Crippen molar-refractivity contribution in [1.82, 2.24) is 0 Å². The van der Waals surface area contributed by atoms with E-state index in [9.17, 15) is 13.2 Å². The van der Waals surface area contributed by atoms with Gasteiger partial charge in [-0.05, 0) is 28.5 Å². The molecule has 0 fully saturated rings. The molecule has 0 bridgehead atoms. The van der Waals surface area contributed by atoms with E-state index in [0.717, 1.165) is 22.2 Å². The van der Waals surface area contributed by atoms with Crippen LogP contribution < -0.4 is 9.30 Å². The third-order valence-corrected chi connectivity index (χ3v) is 4.63. The molecule has 150 valence electrons. The Kier molecular flexibility index (Phi) is 4.72. The van der Waals surface area contributed by atoms with Crippen LogP contribution in [-0.4, -0.2) is 6.36 Å². The summed E-state index contributed by atoms with van der Waals surface area (Å²) >= 11 is 0. The molecule has 0 N–H and O–H groups in total. The van der Waals surface area contributed by atoms with Gasteiger partial charge < -0.3 is 9.15 Å². The Bertz CT molecular complexity index is 988. The maximum Gasteiger partial charge on any atom is 0.573 e. The van der Waals surface area contributed by atoms with Crippen LogP contribution >= 0.6 is 0 Å². The van der Waals surface area contributed by atoms with Gasteiger partial charge in [0.2, 0.25) is 11.3 Å². The van der Waals surface area contributed by atoms with E-state index < -0.39 is 6.36 Å². The summed E-state index contributed by atoms with van der Waals surface area (Å²) in [6.45, 7) is 12.8. The summed E-state index contributed by atoms with van der Waals surface area (Å²) in [7, 11) is 0. The summed E-state index contributed by atoms with van der Waals surface area (Å²) in [5.41, 5.74) is 4.41. The first-order valence-corrected chi connectivity index (χ1v) is 9.10. The predicted molar refractivity (Wildman–Crippen MR) is 102 cm³/mol. The third-order valence-electron chi connectivity index (χ3n) is 4.63. The number of nitrogens with zero attached hydrogens (tertiary/aromatic N) is 1. The predicted octanol–water partition coefficient (Wildman–Crippen LogP) is 6.20. The fraction of sp³-hybridized carbons (Fsp3) is 0.409. The molecule has 0 saturated carbocycles. The lowest BCUT2D eigenvalue weighted by atomic mass is 9.80. The zero-order valence-electron chi connectivity index (χ0n) is 16.9. The molecule has 3 nitrogen and oxygen atoms in total. The van der Waals surface area contributed by atoms with Crippen molar-refractivity contribution in [1.29, 1.82) is 0 Å². The quantitative estimate of drug-likeness (QED) is 0.485. The number of oxazole rings is 1. The Labute approximate surface area is 162 Å². The van der Waals surface area contributed by atoms with Gasteiger partial charge in [0.15, 0.2) is 0 Å². The van der Waals surface area contributed by atoms with Gasteiger partial charge in [-0.25, -0.2) is 0 Å². The van der Waals surface area contributed by atoms with E-state index in [4.69, 9.17) is 4.42 Å². The highest BCUT2D eigenvalue weighted by Crippen LogP contribution is 2.35. The van der Waals surface area contributed by atoms with Crippen LogP contribution in [0, 0.1) is 0 Å². The summed E-state index contributed by atoms with van der Waals surface area (Å²) in [5.74, 6) is -0.254. The Hall–Kier alpha value is -2.50.